The summed E-state index contributed by atoms with van der Waals surface area (Å²) in [5, 5.41) is 0. The van der Waals surface area contributed by atoms with Gasteiger partial charge in [-0.15, -0.1) is 11.3 Å². The lowest BCUT2D eigenvalue weighted by Gasteiger charge is -2.44. The standard InChI is InChI=1S/C24H31NOS/c1-12(2)17-10-19-18(17)11-20-22(19)15(5)27-24(20)21(26)7-6-16-8-13(3)23(25)14(4)9-16/h8-9,12,17-19H,6-7,10-11,25H2,1-5H3/t17?,18-,19+/m0/s1. The van der Waals surface area contributed by atoms with Gasteiger partial charge < -0.3 is 5.73 Å². The first-order chi connectivity index (χ1) is 12.8. The number of aryl methyl sites for hydroxylation is 4. The summed E-state index contributed by atoms with van der Waals surface area (Å²) < 4.78 is 0. The minimum atomic E-state index is 0.332. The largest absolute Gasteiger partial charge is 0.398 e. The molecule has 1 heterocycles. The fraction of sp³-hybridized carbons (Fsp3) is 0.542. The smallest absolute Gasteiger partial charge is 0.173 e. The summed E-state index contributed by atoms with van der Waals surface area (Å²) in [6, 6.07) is 4.26. The first-order valence-electron chi connectivity index (χ1n) is 10.3. The molecule has 1 fully saturated rings. The molecule has 0 aliphatic heterocycles. The van der Waals surface area contributed by atoms with Gasteiger partial charge in [0, 0.05) is 17.0 Å². The number of ketones is 1. The van der Waals surface area contributed by atoms with Crippen molar-refractivity contribution in [3.05, 3.63) is 49.7 Å². The molecule has 0 bridgehead atoms. The van der Waals surface area contributed by atoms with Gasteiger partial charge in [0.05, 0.1) is 4.88 Å². The van der Waals surface area contributed by atoms with E-state index < -0.39 is 0 Å². The number of carbonyl (C=O) groups is 1. The van der Waals surface area contributed by atoms with Crippen LogP contribution in [0.2, 0.25) is 0 Å². The van der Waals surface area contributed by atoms with Crippen LogP contribution in [0.25, 0.3) is 0 Å². The minimum absolute atomic E-state index is 0.332. The van der Waals surface area contributed by atoms with Crippen molar-refractivity contribution in [2.45, 2.75) is 66.2 Å². The second kappa shape index (κ2) is 6.77. The Labute approximate surface area is 167 Å². The van der Waals surface area contributed by atoms with Crippen LogP contribution in [0.15, 0.2) is 12.1 Å². The van der Waals surface area contributed by atoms with Crippen molar-refractivity contribution < 1.29 is 4.79 Å². The average molecular weight is 382 g/mol. The third kappa shape index (κ3) is 3.04. The van der Waals surface area contributed by atoms with Crippen LogP contribution in [-0.2, 0) is 12.8 Å². The molecule has 3 atom stereocenters. The molecular weight excluding hydrogens is 350 g/mol. The molecule has 2 N–H and O–H groups in total. The minimum Gasteiger partial charge on any atom is -0.398 e. The molecule has 0 saturated heterocycles. The highest BCUT2D eigenvalue weighted by Gasteiger charge is 2.50. The predicted molar refractivity (Wildman–Crippen MR) is 115 cm³/mol. The van der Waals surface area contributed by atoms with Gasteiger partial charge in [-0.1, -0.05) is 26.0 Å². The Bertz CT molecular complexity index is 884. The van der Waals surface area contributed by atoms with E-state index in [-0.39, 0.29) is 0 Å². The predicted octanol–water partition coefficient (Wildman–Crippen LogP) is 6.00. The van der Waals surface area contributed by atoms with E-state index in [1.807, 2.05) is 13.8 Å². The summed E-state index contributed by atoms with van der Waals surface area (Å²) in [5.74, 6) is 3.45. The van der Waals surface area contributed by atoms with E-state index in [0.29, 0.717) is 12.2 Å². The Hall–Kier alpha value is -1.61. The van der Waals surface area contributed by atoms with Crippen LogP contribution >= 0.6 is 11.3 Å². The number of carbonyl (C=O) groups excluding carboxylic acids is 1. The molecule has 2 aliphatic rings. The van der Waals surface area contributed by atoms with Crippen molar-refractivity contribution in [3.63, 3.8) is 0 Å². The molecule has 0 radical (unpaired) electrons. The van der Waals surface area contributed by atoms with Gasteiger partial charge in [-0.3, -0.25) is 4.79 Å². The zero-order valence-corrected chi connectivity index (χ0v) is 18.0. The number of nitrogens with two attached hydrogens (primary N) is 1. The first kappa shape index (κ1) is 18.7. The summed E-state index contributed by atoms with van der Waals surface area (Å²) in [4.78, 5) is 15.5. The Balaban J connectivity index is 1.50. The normalized spacial score (nSPS) is 23.3. The van der Waals surface area contributed by atoms with Gasteiger partial charge in [0.2, 0.25) is 0 Å². The maximum absolute atomic E-state index is 13.1. The van der Waals surface area contributed by atoms with Gasteiger partial charge in [0.1, 0.15) is 0 Å². The number of anilines is 1. The Morgan fingerprint density at radius 3 is 2.52 bits per heavy atom. The number of rotatable bonds is 5. The van der Waals surface area contributed by atoms with E-state index >= 15 is 0 Å². The molecule has 3 heteroatoms. The summed E-state index contributed by atoms with van der Waals surface area (Å²) in [7, 11) is 0. The second-order valence-corrected chi connectivity index (χ2v) is 10.3. The van der Waals surface area contributed by atoms with Crippen LogP contribution in [0.1, 0.15) is 75.0 Å². The van der Waals surface area contributed by atoms with E-state index in [4.69, 9.17) is 5.73 Å². The number of nitrogen functional groups attached to an aromatic ring is 1. The summed E-state index contributed by atoms with van der Waals surface area (Å²) >= 11 is 1.75. The number of hydrogen-bond acceptors (Lipinski definition) is 3. The third-order valence-electron chi connectivity index (χ3n) is 7.04. The van der Waals surface area contributed by atoms with Crippen LogP contribution in [0, 0.1) is 38.5 Å². The lowest BCUT2D eigenvalue weighted by atomic mass is 9.61. The highest BCUT2D eigenvalue weighted by Crippen LogP contribution is 2.60. The molecule has 27 heavy (non-hydrogen) atoms. The van der Waals surface area contributed by atoms with Crippen LogP contribution in [0.3, 0.4) is 0 Å². The fourth-order valence-corrected chi connectivity index (χ4v) is 6.69. The van der Waals surface area contributed by atoms with Crippen LogP contribution in [-0.4, -0.2) is 5.78 Å². The van der Waals surface area contributed by atoms with Gasteiger partial charge in [0.25, 0.3) is 0 Å². The van der Waals surface area contributed by atoms with Crippen LogP contribution < -0.4 is 5.73 Å². The van der Waals surface area contributed by atoms with Crippen molar-refractivity contribution in [1.82, 2.24) is 0 Å². The van der Waals surface area contributed by atoms with E-state index in [1.54, 1.807) is 16.9 Å². The van der Waals surface area contributed by atoms with E-state index in [0.717, 1.165) is 58.2 Å². The summed E-state index contributed by atoms with van der Waals surface area (Å²) in [6.07, 6.45) is 3.85. The molecule has 4 rings (SSSR count). The van der Waals surface area contributed by atoms with Crippen molar-refractivity contribution >= 4 is 22.8 Å². The SMILES string of the molecule is Cc1cc(CCC(=O)c2sc(C)c3c2C[C@H]2C(C(C)C)C[C@@H]32)cc(C)c1N. The van der Waals surface area contributed by atoms with Crippen molar-refractivity contribution in [2.75, 3.05) is 5.73 Å². The van der Waals surface area contributed by atoms with Crippen molar-refractivity contribution in [2.24, 2.45) is 17.8 Å². The lowest BCUT2D eigenvalue weighted by Crippen LogP contribution is -2.35. The molecule has 2 nitrogen and oxygen atoms in total. The summed E-state index contributed by atoms with van der Waals surface area (Å²) in [5.41, 5.74) is 13.3. The molecular formula is C24H31NOS. The maximum Gasteiger partial charge on any atom is 0.173 e. The summed E-state index contributed by atoms with van der Waals surface area (Å²) in [6.45, 7) is 11.0. The van der Waals surface area contributed by atoms with E-state index in [1.165, 1.54) is 22.4 Å². The van der Waals surface area contributed by atoms with Gasteiger partial charge >= 0.3 is 0 Å². The zero-order chi connectivity index (χ0) is 19.5. The molecule has 1 aromatic heterocycles. The van der Waals surface area contributed by atoms with Crippen molar-refractivity contribution in [3.8, 4) is 0 Å². The topological polar surface area (TPSA) is 43.1 Å². The highest BCUT2D eigenvalue weighted by atomic mass is 32.1. The quantitative estimate of drug-likeness (QED) is 0.509. The van der Waals surface area contributed by atoms with Crippen molar-refractivity contribution in [1.29, 1.82) is 0 Å². The first-order valence-corrected chi connectivity index (χ1v) is 11.1. The van der Waals surface area contributed by atoms with Gasteiger partial charge in [-0.05, 0) is 91.5 Å². The van der Waals surface area contributed by atoms with Crippen LogP contribution in [0.5, 0.6) is 0 Å². The number of benzene rings is 1. The lowest BCUT2D eigenvalue weighted by molar-refractivity contribution is 0.0975. The van der Waals surface area contributed by atoms with E-state index in [2.05, 4.69) is 32.9 Å². The Morgan fingerprint density at radius 2 is 1.89 bits per heavy atom. The number of fused-ring (bicyclic) bond motifs is 3. The molecule has 1 aromatic carbocycles. The second-order valence-electron chi connectivity index (χ2n) is 9.06. The zero-order valence-electron chi connectivity index (χ0n) is 17.2. The molecule has 2 aliphatic carbocycles. The molecule has 2 aromatic rings. The number of hydrogen-bond donors (Lipinski definition) is 1. The Morgan fingerprint density at radius 1 is 1.22 bits per heavy atom. The number of Topliss-reactive ketones (excluding diaryl/α,β-unsaturated/α-hetero) is 1. The Kier molecular flexibility index (Phi) is 4.70. The molecule has 1 saturated carbocycles. The van der Waals surface area contributed by atoms with E-state index in [9.17, 15) is 4.79 Å². The average Bonchev–Trinajstić information content (AvgIpc) is 3.05. The fourth-order valence-electron chi connectivity index (χ4n) is 5.47. The third-order valence-corrected chi connectivity index (χ3v) is 8.25. The monoisotopic (exact) mass is 381 g/mol. The number of thiophene rings is 1. The maximum atomic E-state index is 13.1. The van der Waals surface area contributed by atoms with Crippen LogP contribution in [0.4, 0.5) is 5.69 Å². The molecule has 0 amide bonds. The molecule has 0 spiro atoms. The van der Waals surface area contributed by atoms with Gasteiger partial charge in [0.15, 0.2) is 5.78 Å². The molecule has 144 valence electrons. The molecule has 1 unspecified atom stereocenters. The van der Waals surface area contributed by atoms with Gasteiger partial charge in [-0.2, -0.15) is 0 Å². The van der Waals surface area contributed by atoms with Gasteiger partial charge in [-0.25, -0.2) is 0 Å². The highest BCUT2D eigenvalue weighted by molar-refractivity contribution is 7.14.